The molecule has 0 aliphatic rings. The lowest BCUT2D eigenvalue weighted by Crippen LogP contribution is -2.06. The molecule has 0 atom stereocenters. The molecule has 0 N–H and O–H groups in total. The summed E-state index contributed by atoms with van der Waals surface area (Å²) < 4.78 is 0. The fraction of sp³-hybridized carbons (Fsp3) is 0.500. The van der Waals surface area contributed by atoms with Crippen molar-refractivity contribution in [1.29, 1.82) is 0 Å². The van der Waals surface area contributed by atoms with E-state index >= 15 is 0 Å². The van der Waals surface area contributed by atoms with Gasteiger partial charge in [-0.25, -0.2) is 4.99 Å². The van der Waals surface area contributed by atoms with Crippen LogP contribution >= 0.6 is 11.3 Å². The van der Waals surface area contributed by atoms with Gasteiger partial charge in [-0.2, -0.15) is 0 Å². The summed E-state index contributed by atoms with van der Waals surface area (Å²) in [7, 11) is 3.83. The summed E-state index contributed by atoms with van der Waals surface area (Å²) in [6.07, 6.45) is 1.71. The van der Waals surface area contributed by atoms with Crippen molar-refractivity contribution in [2.24, 2.45) is 4.99 Å². The van der Waals surface area contributed by atoms with Gasteiger partial charge in [-0.05, 0) is 6.92 Å². The van der Waals surface area contributed by atoms with E-state index in [4.69, 9.17) is 0 Å². The number of aliphatic imine (C=N–C) groups is 1. The van der Waals surface area contributed by atoms with Crippen LogP contribution in [0.25, 0.3) is 0 Å². The van der Waals surface area contributed by atoms with Gasteiger partial charge in [-0.3, -0.25) is 0 Å². The van der Waals surface area contributed by atoms with Crippen LogP contribution in [-0.4, -0.2) is 35.5 Å². The van der Waals surface area contributed by atoms with Crippen molar-refractivity contribution in [3.63, 3.8) is 0 Å². The maximum absolute atomic E-state index is 4.07. The van der Waals surface area contributed by atoms with Crippen LogP contribution in [0.2, 0.25) is 0 Å². The van der Waals surface area contributed by atoms with Gasteiger partial charge in [0.05, 0.1) is 6.34 Å². The molecule has 0 radical (unpaired) electrons. The smallest absolute Gasteiger partial charge is 0.233 e. The zero-order valence-electron chi connectivity index (χ0n) is 6.77. The van der Waals surface area contributed by atoms with E-state index in [1.54, 1.807) is 6.34 Å². The highest BCUT2D eigenvalue weighted by Crippen LogP contribution is 2.16. The first-order valence-corrected chi connectivity index (χ1v) is 4.01. The van der Waals surface area contributed by atoms with Crippen LogP contribution in [0, 0.1) is 6.92 Å². The predicted octanol–water partition coefficient (Wildman–Crippen LogP) is 1.07. The van der Waals surface area contributed by atoms with Crippen LogP contribution in [0.15, 0.2) is 4.99 Å². The Morgan fingerprint density at radius 3 is 2.64 bits per heavy atom. The van der Waals surface area contributed by atoms with Gasteiger partial charge in [0.25, 0.3) is 0 Å². The maximum Gasteiger partial charge on any atom is 0.233 e. The Kier molecular flexibility index (Phi) is 2.53. The molecule has 0 unspecified atom stereocenters. The number of hydrogen-bond acceptors (Lipinski definition) is 4. The van der Waals surface area contributed by atoms with Crippen LogP contribution in [0.5, 0.6) is 0 Å². The van der Waals surface area contributed by atoms with E-state index in [-0.39, 0.29) is 0 Å². The third-order valence-corrected chi connectivity index (χ3v) is 1.66. The molecule has 5 heteroatoms. The molecule has 0 aliphatic carbocycles. The van der Waals surface area contributed by atoms with E-state index < -0.39 is 0 Å². The number of aromatic nitrogens is 2. The second-order valence-electron chi connectivity index (χ2n) is 2.31. The van der Waals surface area contributed by atoms with Gasteiger partial charge in [-0.1, -0.05) is 11.3 Å². The Morgan fingerprint density at radius 1 is 1.45 bits per heavy atom. The average Bonchev–Trinajstić information content (AvgIpc) is 2.31. The SMILES string of the molecule is Cc1nnc(N=CN(C)C)s1. The topological polar surface area (TPSA) is 41.4 Å². The molecule has 1 aromatic heterocycles. The third-order valence-electron chi connectivity index (χ3n) is 0.914. The summed E-state index contributed by atoms with van der Waals surface area (Å²) in [5.74, 6) is 0. The number of hydrogen-bond donors (Lipinski definition) is 0. The molecule has 11 heavy (non-hydrogen) atoms. The average molecular weight is 170 g/mol. The molecular weight excluding hydrogens is 160 g/mol. The Hall–Kier alpha value is -0.970. The van der Waals surface area contributed by atoms with Crippen molar-refractivity contribution >= 4 is 22.8 Å². The van der Waals surface area contributed by atoms with Gasteiger partial charge in [0.2, 0.25) is 5.13 Å². The summed E-state index contributed by atoms with van der Waals surface area (Å²) in [6.45, 7) is 1.91. The van der Waals surface area contributed by atoms with Crippen molar-refractivity contribution in [2.75, 3.05) is 14.1 Å². The highest BCUT2D eigenvalue weighted by Gasteiger charge is 1.94. The highest BCUT2D eigenvalue weighted by molar-refractivity contribution is 7.14. The molecule has 0 fully saturated rings. The fourth-order valence-electron chi connectivity index (χ4n) is 0.503. The minimum atomic E-state index is 0.705. The van der Waals surface area contributed by atoms with Crippen LogP contribution in [0.4, 0.5) is 5.13 Å². The predicted molar refractivity (Wildman–Crippen MR) is 46.5 cm³/mol. The summed E-state index contributed by atoms with van der Waals surface area (Å²) in [4.78, 5) is 5.93. The van der Waals surface area contributed by atoms with Gasteiger partial charge in [0, 0.05) is 14.1 Å². The Labute approximate surface area is 69.6 Å². The van der Waals surface area contributed by atoms with Gasteiger partial charge < -0.3 is 4.90 Å². The van der Waals surface area contributed by atoms with Gasteiger partial charge in [-0.15, -0.1) is 10.2 Å². The van der Waals surface area contributed by atoms with E-state index in [0.717, 1.165) is 5.01 Å². The standard InChI is InChI=1S/C6H10N4S/c1-5-8-9-6(11-5)7-4-10(2)3/h4H,1-3H3. The third kappa shape index (κ3) is 2.63. The first kappa shape index (κ1) is 8.13. The number of aryl methyl sites for hydroxylation is 1. The Bertz CT molecular complexity index is 253. The molecule has 1 rings (SSSR count). The minimum Gasteiger partial charge on any atom is -0.369 e. The summed E-state index contributed by atoms with van der Waals surface area (Å²) >= 11 is 1.48. The second-order valence-corrected chi connectivity index (χ2v) is 3.47. The van der Waals surface area contributed by atoms with Gasteiger partial charge >= 0.3 is 0 Å². The van der Waals surface area contributed by atoms with Gasteiger partial charge in [0.15, 0.2) is 0 Å². The molecule has 0 aliphatic heterocycles. The molecule has 0 saturated carbocycles. The molecule has 60 valence electrons. The van der Waals surface area contributed by atoms with Crippen LogP contribution in [-0.2, 0) is 0 Å². The van der Waals surface area contributed by atoms with E-state index in [1.165, 1.54) is 11.3 Å². The molecule has 1 aromatic rings. The lowest BCUT2D eigenvalue weighted by Gasteiger charge is -1.99. The lowest BCUT2D eigenvalue weighted by molar-refractivity contribution is 0.643. The maximum atomic E-state index is 4.07. The van der Waals surface area contributed by atoms with E-state index in [1.807, 2.05) is 25.9 Å². The molecular formula is C6H10N4S. The lowest BCUT2D eigenvalue weighted by atomic mass is 10.9. The Balaban J connectivity index is 2.64. The van der Waals surface area contributed by atoms with Crippen LogP contribution in [0.1, 0.15) is 5.01 Å². The highest BCUT2D eigenvalue weighted by atomic mass is 32.1. The van der Waals surface area contributed by atoms with E-state index in [2.05, 4.69) is 15.2 Å². The van der Waals surface area contributed by atoms with Crippen molar-refractivity contribution in [3.05, 3.63) is 5.01 Å². The molecule has 0 amide bonds. The van der Waals surface area contributed by atoms with Gasteiger partial charge in [0.1, 0.15) is 5.01 Å². The summed E-state index contributed by atoms with van der Waals surface area (Å²) in [5, 5.41) is 9.31. The summed E-state index contributed by atoms with van der Waals surface area (Å²) in [6, 6.07) is 0. The molecule has 4 nitrogen and oxygen atoms in total. The quantitative estimate of drug-likeness (QED) is 0.492. The van der Waals surface area contributed by atoms with Crippen molar-refractivity contribution in [2.45, 2.75) is 6.92 Å². The monoisotopic (exact) mass is 170 g/mol. The second kappa shape index (κ2) is 3.43. The molecule has 0 bridgehead atoms. The number of nitrogens with zero attached hydrogens (tertiary/aromatic N) is 4. The zero-order chi connectivity index (χ0) is 8.27. The zero-order valence-corrected chi connectivity index (χ0v) is 7.59. The normalized spacial score (nSPS) is 10.8. The molecule has 0 spiro atoms. The first-order valence-electron chi connectivity index (χ1n) is 3.19. The van der Waals surface area contributed by atoms with E-state index in [9.17, 15) is 0 Å². The van der Waals surface area contributed by atoms with Crippen molar-refractivity contribution in [3.8, 4) is 0 Å². The first-order chi connectivity index (χ1) is 5.18. The molecule has 1 heterocycles. The fourth-order valence-corrected chi connectivity index (χ4v) is 1.03. The minimum absolute atomic E-state index is 0.705. The summed E-state index contributed by atoms with van der Waals surface area (Å²) in [5.41, 5.74) is 0. The van der Waals surface area contributed by atoms with E-state index in [0.29, 0.717) is 5.13 Å². The Morgan fingerprint density at radius 2 is 2.18 bits per heavy atom. The van der Waals surface area contributed by atoms with Crippen molar-refractivity contribution < 1.29 is 0 Å². The van der Waals surface area contributed by atoms with Crippen LogP contribution < -0.4 is 0 Å². The van der Waals surface area contributed by atoms with Crippen LogP contribution in [0.3, 0.4) is 0 Å². The molecule has 0 saturated heterocycles. The van der Waals surface area contributed by atoms with Crippen molar-refractivity contribution in [1.82, 2.24) is 15.1 Å². The largest absolute Gasteiger partial charge is 0.369 e. The number of rotatable bonds is 2. The molecule has 0 aromatic carbocycles.